The van der Waals surface area contributed by atoms with E-state index in [4.69, 9.17) is 0 Å². The van der Waals surface area contributed by atoms with Crippen molar-refractivity contribution in [3.8, 4) is 0 Å². The van der Waals surface area contributed by atoms with Crippen molar-refractivity contribution < 1.29 is 22.0 Å². The molecule has 194 valence electrons. The van der Waals surface area contributed by atoms with Gasteiger partial charge in [-0.1, -0.05) is 11.3 Å². The number of sulfonamides is 1. The maximum Gasteiger partial charge on any atom is 0.321 e. The maximum absolute atomic E-state index is 14.1. The Bertz CT molecular complexity index is 1340. The van der Waals surface area contributed by atoms with Crippen molar-refractivity contribution >= 4 is 54.4 Å². The molecule has 0 bridgehead atoms. The lowest BCUT2D eigenvalue weighted by Gasteiger charge is -2.33. The number of nitrogens with zero attached hydrogens (tertiary/aromatic N) is 5. The summed E-state index contributed by atoms with van der Waals surface area (Å²) >= 11 is 1.19. The zero-order chi connectivity index (χ0) is 25.9. The number of benzene rings is 1. The Kier molecular flexibility index (Phi) is 7.97. The number of hydrogen-bond donors (Lipinski definition) is 2. The smallest absolute Gasteiger partial charge is 0.321 e. The topological polar surface area (TPSA) is 111 Å². The Hall–Kier alpha value is -2.94. The standard InChI is InChI=1S/C22H27F2N7O3S2/c1-29(18-6-4-15(23)14-16(18)24)19-7-5-17-20(27-19)35-22(26-17)28-21(32)25-8-3-9-30-10-12-31(13-11-30)36(2,33)34/h4-7,14H,3,8-13H2,1-2H3,(H2,25,26,28,32). The molecule has 1 aliphatic heterocycles. The molecule has 1 saturated heterocycles. The minimum absolute atomic E-state index is 0.183. The minimum Gasteiger partial charge on any atom is -0.338 e. The van der Waals surface area contributed by atoms with Crippen LogP contribution in [0.4, 0.5) is 30.2 Å². The first-order valence-electron chi connectivity index (χ1n) is 11.3. The summed E-state index contributed by atoms with van der Waals surface area (Å²) in [5.74, 6) is -0.902. The highest BCUT2D eigenvalue weighted by Crippen LogP contribution is 2.30. The van der Waals surface area contributed by atoms with E-state index in [1.165, 1.54) is 38.9 Å². The molecule has 14 heteroatoms. The summed E-state index contributed by atoms with van der Waals surface area (Å²) in [6.45, 7) is 3.52. The SMILES string of the molecule is CN(c1ccc2nc(NC(=O)NCCCN3CCN(S(C)(=O)=O)CC3)sc2n1)c1ccc(F)cc1F. The predicted molar refractivity (Wildman–Crippen MR) is 136 cm³/mol. The molecule has 36 heavy (non-hydrogen) atoms. The molecule has 2 N–H and O–H groups in total. The normalized spacial score (nSPS) is 15.2. The molecule has 2 amide bonds. The number of urea groups is 1. The van der Waals surface area contributed by atoms with Crippen LogP contribution < -0.4 is 15.5 Å². The van der Waals surface area contributed by atoms with Gasteiger partial charge >= 0.3 is 6.03 Å². The largest absolute Gasteiger partial charge is 0.338 e. The van der Waals surface area contributed by atoms with E-state index in [9.17, 15) is 22.0 Å². The molecule has 3 heterocycles. The fourth-order valence-corrected chi connectivity index (χ4v) is 5.51. The molecule has 0 saturated carbocycles. The molecule has 0 radical (unpaired) electrons. The van der Waals surface area contributed by atoms with Gasteiger partial charge in [0.05, 0.1) is 11.9 Å². The van der Waals surface area contributed by atoms with E-state index in [1.807, 2.05) is 0 Å². The first kappa shape index (κ1) is 26.1. The van der Waals surface area contributed by atoms with E-state index in [-0.39, 0.29) is 11.7 Å². The van der Waals surface area contributed by atoms with Gasteiger partial charge in [0.1, 0.15) is 27.8 Å². The Morgan fingerprint density at radius 1 is 1.14 bits per heavy atom. The van der Waals surface area contributed by atoms with Crippen LogP contribution in [0.3, 0.4) is 0 Å². The van der Waals surface area contributed by atoms with Crippen molar-refractivity contribution in [3.05, 3.63) is 42.0 Å². The second-order valence-corrected chi connectivity index (χ2v) is 11.4. The van der Waals surface area contributed by atoms with Gasteiger partial charge in [0, 0.05) is 45.8 Å². The lowest BCUT2D eigenvalue weighted by atomic mass is 10.2. The highest BCUT2D eigenvalue weighted by atomic mass is 32.2. The van der Waals surface area contributed by atoms with Gasteiger partial charge in [-0.25, -0.2) is 32.0 Å². The van der Waals surface area contributed by atoms with E-state index >= 15 is 0 Å². The van der Waals surface area contributed by atoms with Crippen molar-refractivity contribution in [1.82, 2.24) is 24.5 Å². The van der Waals surface area contributed by atoms with Crippen LogP contribution in [0.1, 0.15) is 6.42 Å². The molecule has 0 aliphatic carbocycles. The summed E-state index contributed by atoms with van der Waals surface area (Å²) in [6, 6.07) is 6.34. The molecular weight excluding hydrogens is 512 g/mol. The minimum atomic E-state index is -3.15. The van der Waals surface area contributed by atoms with Crippen LogP contribution in [0.5, 0.6) is 0 Å². The molecular formula is C22H27F2N7O3S2. The number of carbonyl (C=O) groups is 1. The zero-order valence-electron chi connectivity index (χ0n) is 19.9. The average Bonchev–Trinajstić information content (AvgIpc) is 3.22. The summed E-state index contributed by atoms with van der Waals surface area (Å²) in [7, 11) is -1.52. The number of amides is 2. The van der Waals surface area contributed by atoms with Crippen LogP contribution in [-0.4, -0.2) is 86.2 Å². The fraction of sp³-hybridized carbons (Fsp3) is 0.409. The third-order valence-electron chi connectivity index (χ3n) is 5.81. The van der Waals surface area contributed by atoms with E-state index in [1.54, 1.807) is 19.2 Å². The summed E-state index contributed by atoms with van der Waals surface area (Å²) in [4.78, 5) is 25.4. The molecule has 0 unspecified atom stereocenters. The number of fused-ring (bicyclic) bond motifs is 1. The summed E-state index contributed by atoms with van der Waals surface area (Å²) in [5.41, 5.74) is 0.767. The van der Waals surface area contributed by atoms with Crippen LogP contribution in [0.25, 0.3) is 10.3 Å². The van der Waals surface area contributed by atoms with Gasteiger partial charge in [-0.2, -0.15) is 4.31 Å². The molecule has 1 fully saturated rings. The van der Waals surface area contributed by atoms with Crippen molar-refractivity contribution in [2.24, 2.45) is 0 Å². The van der Waals surface area contributed by atoms with E-state index in [2.05, 4.69) is 25.5 Å². The highest BCUT2D eigenvalue weighted by Gasteiger charge is 2.23. The van der Waals surface area contributed by atoms with Gasteiger partial charge in [-0.15, -0.1) is 0 Å². The molecule has 1 aromatic carbocycles. The lowest BCUT2D eigenvalue weighted by molar-refractivity contribution is 0.187. The van der Waals surface area contributed by atoms with Gasteiger partial charge in [0.15, 0.2) is 5.13 Å². The van der Waals surface area contributed by atoms with Crippen LogP contribution in [0.2, 0.25) is 0 Å². The molecule has 0 spiro atoms. The van der Waals surface area contributed by atoms with Crippen molar-refractivity contribution in [3.63, 3.8) is 0 Å². The van der Waals surface area contributed by atoms with Crippen molar-refractivity contribution in [2.45, 2.75) is 6.42 Å². The molecule has 4 rings (SSSR count). The summed E-state index contributed by atoms with van der Waals surface area (Å²) in [6.07, 6.45) is 1.95. The second-order valence-electron chi connectivity index (χ2n) is 8.41. The van der Waals surface area contributed by atoms with Gasteiger partial charge in [0.2, 0.25) is 10.0 Å². The van der Waals surface area contributed by atoms with Crippen molar-refractivity contribution in [2.75, 3.05) is 62.8 Å². The van der Waals surface area contributed by atoms with Gasteiger partial charge in [0.25, 0.3) is 0 Å². The van der Waals surface area contributed by atoms with Gasteiger partial charge in [-0.3, -0.25) is 5.32 Å². The number of thiazole rings is 1. The number of rotatable bonds is 8. The Morgan fingerprint density at radius 3 is 2.58 bits per heavy atom. The van der Waals surface area contributed by atoms with E-state index < -0.39 is 21.7 Å². The quantitative estimate of drug-likeness (QED) is 0.424. The van der Waals surface area contributed by atoms with E-state index in [0.717, 1.165) is 19.0 Å². The molecule has 1 aliphatic rings. The second kappa shape index (κ2) is 11.0. The number of hydrogen-bond acceptors (Lipinski definition) is 8. The van der Waals surface area contributed by atoms with E-state index in [0.29, 0.717) is 54.0 Å². The average molecular weight is 540 g/mol. The third kappa shape index (κ3) is 6.43. The van der Waals surface area contributed by atoms with Gasteiger partial charge < -0.3 is 15.1 Å². The fourth-order valence-electron chi connectivity index (χ4n) is 3.85. The predicted octanol–water partition coefficient (Wildman–Crippen LogP) is 2.83. The maximum atomic E-state index is 14.1. The molecule has 3 aromatic rings. The molecule has 0 atom stereocenters. The Balaban J connectivity index is 1.26. The highest BCUT2D eigenvalue weighted by molar-refractivity contribution is 7.88. The lowest BCUT2D eigenvalue weighted by Crippen LogP contribution is -2.48. The van der Waals surface area contributed by atoms with Crippen LogP contribution >= 0.6 is 11.3 Å². The molecule has 2 aromatic heterocycles. The number of piperazine rings is 1. The number of carbonyl (C=O) groups excluding carboxylic acids is 1. The Labute approximate surface area is 212 Å². The van der Waals surface area contributed by atoms with Crippen LogP contribution in [0.15, 0.2) is 30.3 Å². The number of anilines is 3. The van der Waals surface area contributed by atoms with Crippen LogP contribution in [0, 0.1) is 11.6 Å². The zero-order valence-corrected chi connectivity index (χ0v) is 21.5. The summed E-state index contributed by atoms with van der Waals surface area (Å²) in [5, 5.41) is 5.87. The monoisotopic (exact) mass is 539 g/mol. The first-order chi connectivity index (χ1) is 17.1. The number of pyridine rings is 1. The molecule has 10 nitrogen and oxygen atoms in total. The van der Waals surface area contributed by atoms with Gasteiger partial charge in [-0.05, 0) is 37.2 Å². The summed E-state index contributed by atoms with van der Waals surface area (Å²) < 4.78 is 52.0. The Morgan fingerprint density at radius 2 is 1.89 bits per heavy atom. The first-order valence-corrected chi connectivity index (χ1v) is 14.0. The van der Waals surface area contributed by atoms with Crippen molar-refractivity contribution in [1.29, 1.82) is 0 Å². The number of nitrogens with one attached hydrogen (secondary N) is 2. The number of halogens is 2. The third-order valence-corrected chi connectivity index (χ3v) is 8.00. The van der Waals surface area contributed by atoms with Crippen LogP contribution in [-0.2, 0) is 10.0 Å². The number of aromatic nitrogens is 2.